The van der Waals surface area contributed by atoms with Gasteiger partial charge in [0.25, 0.3) is 0 Å². The van der Waals surface area contributed by atoms with E-state index in [2.05, 4.69) is 10.6 Å². The van der Waals surface area contributed by atoms with E-state index < -0.39 is 24.8 Å². The van der Waals surface area contributed by atoms with E-state index in [1.807, 2.05) is 0 Å². The second kappa shape index (κ2) is 6.09. The van der Waals surface area contributed by atoms with Crippen LogP contribution in [0.5, 0.6) is 0 Å². The Labute approximate surface area is 133 Å². The molecule has 1 fully saturated rings. The summed E-state index contributed by atoms with van der Waals surface area (Å²) in [6.07, 6.45) is -6.16. The van der Waals surface area contributed by atoms with Crippen LogP contribution in [0.3, 0.4) is 0 Å². The van der Waals surface area contributed by atoms with Gasteiger partial charge in [0, 0.05) is 13.1 Å². The van der Waals surface area contributed by atoms with E-state index in [1.54, 1.807) is 18.2 Å². The minimum absolute atomic E-state index is 0.0162. The van der Waals surface area contributed by atoms with Gasteiger partial charge in [0.15, 0.2) is 6.29 Å². The van der Waals surface area contributed by atoms with Gasteiger partial charge >= 0.3 is 6.18 Å². The summed E-state index contributed by atoms with van der Waals surface area (Å²) in [6.45, 7) is 0.690. The third-order valence-corrected chi connectivity index (χ3v) is 5.02. The van der Waals surface area contributed by atoms with Gasteiger partial charge in [0.1, 0.15) is 6.17 Å². The first-order chi connectivity index (χ1) is 10.9. The standard InChI is InChI=1S/C15H14F4N2OS/c16-10-5-20-6-12(10)21-11-3-1-2-8-9(4-15(17,18)19)13(7-22)23-14(8)11/h1-3,7,10,12,20-21H,4-6H2/t10-,12+/m0/s1. The molecule has 0 saturated carbocycles. The fraction of sp³-hybridized carbons (Fsp3) is 0.400. The summed E-state index contributed by atoms with van der Waals surface area (Å²) < 4.78 is 52.5. The lowest BCUT2D eigenvalue weighted by molar-refractivity contribution is -0.126. The van der Waals surface area contributed by atoms with Crippen LogP contribution in [0.4, 0.5) is 23.2 Å². The Morgan fingerprint density at radius 2 is 2.13 bits per heavy atom. The van der Waals surface area contributed by atoms with E-state index in [-0.39, 0.29) is 17.0 Å². The topological polar surface area (TPSA) is 41.1 Å². The van der Waals surface area contributed by atoms with Crippen LogP contribution in [0, 0.1) is 0 Å². The molecule has 2 N–H and O–H groups in total. The van der Waals surface area contributed by atoms with Crippen LogP contribution in [-0.4, -0.2) is 37.8 Å². The summed E-state index contributed by atoms with van der Waals surface area (Å²) in [7, 11) is 0. The van der Waals surface area contributed by atoms with E-state index in [4.69, 9.17) is 0 Å². The van der Waals surface area contributed by atoms with Crippen molar-refractivity contribution in [3.8, 4) is 0 Å². The summed E-state index contributed by atoms with van der Waals surface area (Å²) >= 11 is 1.00. The molecule has 1 saturated heterocycles. The molecule has 0 spiro atoms. The van der Waals surface area contributed by atoms with Crippen LogP contribution in [0.15, 0.2) is 18.2 Å². The lowest BCUT2D eigenvalue weighted by Gasteiger charge is -2.16. The number of benzene rings is 1. The number of halogens is 4. The predicted molar refractivity (Wildman–Crippen MR) is 82.1 cm³/mol. The molecule has 1 aliphatic rings. The number of aldehydes is 1. The third-order valence-electron chi connectivity index (χ3n) is 3.81. The Morgan fingerprint density at radius 3 is 2.74 bits per heavy atom. The van der Waals surface area contributed by atoms with Gasteiger partial charge in [0.05, 0.1) is 27.7 Å². The highest BCUT2D eigenvalue weighted by Crippen LogP contribution is 2.38. The Hall–Kier alpha value is -1.67. The molecule has 1 aliphatic heterocycles. The van der Waals surface area contributed by atoms with Crippen LogP contribution in [0.25, 0.3) is 10.1 Å². The average molecular weight is 346 g/mol. The van der Waals surface area contributed by atoms with Crippen LogP contribution in [0.2, 0.25) is 0 Å². The minimum atomic E-state index is -4.39. The summed E-state index contributed by atoms with van der Waals surface area (Å²) in [5.74, 6) is 0. The van der Waals surface area contributed by atoms with Gasteiger partial charge in [-0.25, -0.2) is 4.39 Å². The largest absolute Gasteiger partial charge is 0.393 e. The van der Waals surface area contributed by atoms with Gasteiger partial charge in [-0.05, 0) is 17.0 Å². The highest BCUT2D eigenvalue weighted by molar-refractivity contribution is 7.21. The van der Waals surface area contributed by atoms with Crippen molar-refractivity contribution in [2.75, 3.05) is 18.4 Å². The Kier molecular flexibility index (Phi) is 4.29. The molecule has 1 aromatic heterocycles. The van der Waals surface area contributed by atoms with Crippen molar-refractivity contribution < 1.29 is 22.4 Å². The van der Waals surface area contributed by atoms with Crippen molar-refractivity contribution in [2.24, 2.45) is 0 Å². The monoisotopic (exact) mass is 346 g/mol. The van der Waals surface area contributed by atoms with E-state index in [0.29, 0.717) is 28.6 Å². The molecule has 2 heterocycles. The number of rotatable bonds is 4. The quantitative estimate of drug-likeness (QED) is 0.657. The smallest absolute Gasteiger partial charge is 0.377 e. The summed E-state index contributed by atoms with van der Waals surface area (Å²) in [5, 5.41) is 6.34. The maximum Gasteiger partial charge on any atom is 0.393 e. The third kappa shape index (κ3) is 3.32. The summed E-state index contributed by atoms with van der Waals surface area (Å²) in [5.41, 5.74) is 0.540. The number of fused-ring (bicyclic) bond motifs is 1. The molecule has 0 aliphatic carbocycles. The number of anilines is 1. The molecule has 3 nitrogen and oxygen atoms in total. The van der Waals surface area contributed by atoms with Crippen LogP contribution in [-0.2, 0) is 6.42 Å². The molecule has 2 aromatic rings. The van der Waals surface area contributed by atoms with Crippen LogP contribution >= 0.6 is 11.3 Å². The maximum absolute atomic E-state index is 13.7. The number of carbonyl (C=O) groups excluding carboxylic acids is 1. The molecule has 0 bridgehead atoms. The fourth-order valence-electron chi connectivity index (χ4n) is 2.77. The second-order valence-corrected chi connectivity index (χ2v) is 6.51. The van der Waals surface area contributed by atoms with E-state index in [9.17, 15) is 22.4 Å². The van der Waals surface area contributed by atoms with Gasteiger partial charge in [-0.1, -0.05) is 12.1 Å². The molecule has 0 radical (unpaired) electrons. The SMILES string of the molecule is O=Cc1sc2c(N[C@@H]3CNC[C@@H]3F)cccc2c1CC(F)(F)F. The average Bonchev–Trinajstić information content (AvgIpc) is 3.03. The van der Waals surface area contributed by atoms with E-state index >= 15 is 0 Å². The van der Waals surface area contributed by atoms with Gasteiger partial charge in [-0.15, -0.1) is 11.3 Å². The Balaban J connectivity index is 2.02. The van der Waals surface area contributed by atoms with Crippen molar-refractivity contribution in [1.29, 1.82) is 0 Å². The lowest BCUT2D eigenvalue weighted by atomic mass is 10.1. The van der Waals surface area contributed by atoms with Gasteiger partial charge in [-0.3, -0.25) is 4.79 Å². The highest BCUT2D eigenvalue weighted by Gasteiger charge is 2.32. The maximum atomic E-state index is 13.7. The van der Waals surface area contributed by atoms with Gasteiger partial charge in [-0.2, -0.15) is 13.2 Å². The fourth-order valence-corrected chi connectivity index (χ4v) is 3.88. The molecule has 2 atom stereocenters. The first kappa shape index (κ1) is 16.2. The molecular weight excluding hydrogens is 332 g/mol. The first-order valence-corrected chi connectivity index (χ1v) is 7.88. The van der Waals surface area contributed by atoms with Gasteiger partial charge < -0.3 is 10.6 Å². The van der Waals surface area contributed by atoms with E-state index in [0.717, 1.165) is 11.3 Å². The summed E-state index contributed by atoms with van der Waals surface area (Å²) in [6, 6.07) is 4.43. The highest BCUT2D eigenvalue weighted by atomic mass is 32.1. The molecule has 124 valence electrons. The van der Waals surface area contributed by atoms with E-state index in [1.165, 1.54) is 0 Å². The first-order valence-electron chi connectivity index (χ1n) is 7.06. The normalized spacial score (nSPS) is 21.7. The summed E-state index contributed by atoms with van der Waals surface area (Å²) in [4.78, 5) is 11.2. The zero-order valence-electron chi connectivity index (χ0n) is 11.9. The Bertz CT molecular complexity index is 728. The van der Waals surface area contributed by atoms with Crippen molar-refractivity contribution in [2.45, 2.75) is 24.8 Å². The van der Waals surface area contributed by atoms with Crippen molar-refractivity contribution >= 4 is 33.4 Å². The Morgan fingerprint density at radius 1 is 1.35 bits per heavy atom. The zero-order valence-corrected chi connectivity index (χ0v) is 12.7. The second-order valence-electron chi connectivity index (χ2n) is 5.46. The lowest BCUT2D eigenvalue weighted by Crippen LogP contribution is -2.29. The number of nitrogens with one attached hydrogen (secondary N) is 2. The number of carbonyl (C=O) groups is 1. The predicted octanol–water partition coefficient (Wildman–Crippen LogP) is 3.54. The molecule has 0 amide bonds. The molecule has 8 heteroatoms. The van der Waals surface area contributed by atoms with Crippen molar-refractivity contribution in [3.63, 3.8) is 0 Å². The zero-order chi connectivity index (χ0) is 16.6. The van der Waals surface area contributed by atoms with Crippen molar-refractivity contribution in [1.82, 2.24) is 5.32 Å². The number of hydrogen-bond donors (Lipinski definition) is 2. The van der Waals surface area contributed by atoms with Crippen LogP contribution in [0.1, 0.15) is 15.2 Å². The molecule has 0 unspecified atom stereocenters. The minimum Gasteiger partial charge on any atom is -0.377 e. The molecular formula is C15H14F4N2OS. The van der Waals surface area contributed by atoms with Crippen molar-refractivity contribution in [3.05, 3.63) is 28.6 Å². The number of alkyl halides is 4. The number of thiophene rings is 1. The number of hydrogen-bond acceptors (Lipinski definition) is 4. The van der Waals surface area contributed by atoms with Gasteiger partial charge in [0.2, 0.25) is 0 Å². The molecule has 23 heavy (non-hydrogen) atoms. The van der Waals surface area contributed by atoms with Crippen LogP contribution < -0.4 is 10.6 Å². The molecule has 1 aromatic carbocycles. The molecule has 3 rings (SSSR count).